The van der Waals surface area contributed by atoms with E-state index in [4.69, 9.17) is 5.73 Å². The lowest BCUT2D eigenvalue weighted by Crippen LogP contribution is -2.54. The summed E-state index contributed by atoms with van der Waals surface area (Å²) in [6.07, 6.45) is 0.985. The van der Waals surface area contributed by atoms with Crippen molar-refractivity contribution < 1.29 is 9.90 Å². The average molecular weight is 339 g/mol. The smallest absolute Gasteiger partial charge is 0.407 e. The Morgan fingerprint density at radius 1 is 1.12 bits per heavy atom. The minimum Gasteiger partial charge on any atom is -0.465 e. The van der Waals surface area contributed by atoms with Crippen molar-refractivity contribution >= 4 is 6.09 Å². The first kappa shape index (κ1) is 17.5. The number of piperidine rings is 1. The van der Waals surface area contributed by atoms with Gasteiger partial charge in [0.05, 0.1) is 5.54 Å². The summed E-state index contributed by atoms with van der Waals surface area (Å²) in [7, 11) is 0. The quantitative estimate of drug-likeness (QED) is 0.782. The molecular weight excluding hydrogens is 314 g/mol. The van der Waals surface area contributed by atoms with Crippen LogP contribution < -0.4 is 11.1 Å². The van der Waals surface area contributed by atoms with Crippen LogP contribution in [0, 0.1) is 0 Å². The molecule has 5 nitrogen and oxygen atoms in total. The van der Waals surface area contributed by atoms with Crippen LogP contribution in [0.25, 0.3) is 0 Å². The summed E-state index contributed by atoms with van der Waals surface area (Å²) in [5, 5.41) is 12.7. The van der Waals surface area contributed by atoms with Crippen LogP contribution in [-0.4, -0.2) is 41.8 Å². The van der Waals surface area contributed by atoms with Crippen molar-refractivity contribution in [2.45, 2.75) is 24.4 Å². The molecular formula is C20H25N3O2. The van der Waals surface area contributed by atoms with E-state index in [1.54, 1.807) is 0 Å². The average Bonchev–Trinajstić information content (AvgIpc) is 2.67. The van der Waals surface area contributed by atoms with Gasteiger partial charge in [-0.05, 0) is 24.0 Å². The zero-order chi connectivity index (χ0) is 17.7. The molecule has 1 aliphatic rings. The number of likely N-dealkylation sites (tertiary alicyclic amines) is 1. The fourth-order valence-corrected chi connectivity index (χ4v) is 3.46. The SMILES string of the molecule is NC(CNC1CCCN(C(=O)O)C1)(c1ccccc1)c1ccccc1. The summed E-state index contributed by atoms with van der Waals surface area (Å²) < 4.78 is 0. The number of carbonyl (C=O) groups is 1. The number of rotatable bonds is 5. The van der Waals surface area contributed by atoms with Crippen molar-refractivity contribution in [2.75, 3.05) is 19.6 Å². The van der Waals surface area contributed by atoms with E-state index < -0.39 is 11.6 Å². The molecule has 4 N–H and O–H groups in total. The second-order valence-corrected chi connectivity index (χ2v) is 6.65. The van der Waals surface area contributed by atoms with Crippen LogP contribution in [0.1, 0.15) is 24.0 Å². The van der Waals surface area contributed by atoms with E-state index >= 15 is 0 Å². The van der Waals surface area contributed by atoms with Gasteiger partial charge in [0.25, 0.3) is 0 Å². The first-order valence-corrected chi connectivity index (χ1v) is 8.71. The van der Waals surface area contributed by atoms with Crippen LogP contribution in [0.3, 0.4) is 0 Å². The molecule has 1 heterocycles. The second-order valence-electron chi connectivity index (χ2n) is 6.65. The summed E-state index contributed by atoms with van der Waals surface area (Å²) in [6.45, 7) is 1.67. The van der Waals surface area contributed by atoms with E-state index in [0.29, 0.717) is 19.6 Å². The molecule has 0 aliphatic carbocycles. The number of hydrogen-bond acceptors (Lipinski definition) is 3. The van der Waals surface area contributed by atoms with Gasteiger partial charge in [-0.15, -0.1) is 0 Å². The third kappa shape index (κ3) is 4.00. The standard InChI is InChI=1S/C20H25N3O2/c21-20(16-8-3-1-4-9-16,17-10-5-2-6-11-17)15-22-18-12-7-13-23(14-18)19(24)25/h1-6,8-11,18,22H,7,12-15,21H2,(H,24,25). The fourth-order valence-electron chi connectivity index (χ4n) is 3.46. The number of benzene rings is 2. The predicted octanol–water partition coefficient (Wildman–Crippen LogP) is 2.62. The third-order valence-corrected chi connectivity index (χ3v) is 4.94. The molecule has 0 radical (unpaired) electrons. The molecule has 1 amide bonds. The molecule has 1 unspecified atom stereocenters. The van der Waals surface area contributed by atoms with Crippen molar-refractivity contribution in [1.29, 1.82) is 0 Å². The summed E-state index contributed by atoms with van der Waals surface area (Å²) in [6, 6.07) is 20.2. The molecule has 0 spiro atoms. The molecule has 1 fully saturated rings. The lowest BCUT2D eigenvalue weighted by Gasteiger charge is -2.36. The number of hydrogen-bond donors (Lipinski definition) is 3. The van der Waals surface area contributed by atoms with E-state index in [2.05, 4.69) is 5.32 Å². The molecule has 0 aromatic heterocycles. The Balaban J connectivity index is 1.78. The minimum atomic E-state index is -0.850. The number of carboxylic acid groups (broad SMARTS) is 1. The fraction of sp³-hybridized carbons (Fsp3) is 0.350. The van der Waals surface area contributed by atoms with Crippen LogP contribution in [0.15, 0.2) is 60.7 Å². The van der Waals surface area contributed by atoms with Gasteiger partial charge in [0.15, 0.2) is 0 Å². The number of nitrogens with one attached hydrogen (secondary N) is 1. The van der Waals surface area contributed by atoms with E-state index in [1.807, 2.05) is 60.7 Å². The summed E-state index contributed by atoms with van der Waals surface area (Å²) in [5.41, 5.74) is 8.28. The van der Waals surface area contributed by atoms with Crippen LogP contribution in [0.5, 0.6) is 0 Å². The van der Waals surface area contributed by atoms with Crippen LogP contribution in [0.4, 0.5) is 4.79 Å². The zero-order valence-electron chi connectivity index (χ0n) is 14.3. The molecule has 1 saturated heterocycles. The van der Waals surface area contributed by atoms with Crippen LogP contribution in [0.2, 0.25) is 0 Å². The molecule has 2 aromatic rings. The molecule has 0 saturated carbocycles. The molecule has 5 heteroatoms. The van der Waals surface area contributed by atoms with Gasteiger partial charge in [-0.1, -0.05) is 60.7 Å². The highest BCUT2D eigenvalue weighted by Gasteiger charge is 2.31. The molecule has 0 bridgehead atoms. The van der Waals surface area contributed by atoms with E-state index in [9.17, 15) is 9.90 Å². The Hall–Kier alpha value is -2.37. The van der Waals surface area contributed by atoms with E-state index in [1.165, 1.54) is 4.90 Å². The molecule has 25 heavy (non-hydrogen) atoms. The molecule has 1 aliphatic heterocycles. The van der Waals surface area contributed by atoms with Gasteiger partial charge in [-0.25, -0.2) is 4.79 Å². The van der Waals surface area contributed by atoms with Crippen molar-refractivity contribution in [3.05, 3.63) is 71.8 Å². The van der Waals surface area contributed by atoms with Gasteiger partial charge in [0.1, 0.15) is 0 Å². The normalized spacial score (nSPS) is 18.1. The van der Waals surface area contributed by atoms with Gasteiger partial charge in [0.2, 0.25) is 0 Å². The van der Waals surface area contributed by atoms with Crippen molar-refractivity contribution in [1.82, 2.24) is 10.2 Å². The van der Waals surface area contributed by atoms with Gasteiger partial charge in [0, 0.05) is 25.7 Å². The Morgan fingerprint density at radius 3 is 2.20 bits per heavy atom. The predicted molar refractivity (Wildman–Crippen MR) is 98.5 cm³/mol. The highest BCUT2D eigenvalue weighted by molar-refractivity contribution is 5.65. The third-order valence-electron chi connectivity index (χ3n) is 4.94. The number of nitrogens with zero attached hydrogens (tertiary/aromatic N) is 1. The molecule has 132 valence electrons. The van der Waals surface area contributed by atoms with Crippen molar-refractivity contribution in [2.24, 2.45) is 5.73 Å². The van der Waals surface area contributed by atoms with Gasteiger partial charge in [-0.3, -0.25) is 0 Å². The lowest BCUT2D eigenvalue weighted by molar-refractivity contribution is 0.125. The van der Waals surface area contributed by atoms with Crippen LogP contribution >= 0.6 is 0 Å². The molecule has 3 rings (SSSR count). The molecule has 2 aromatic carbocycles. The Morgan fingerprint density at radius 2 is 1.68 bits per heavy atom. The highest BCUT2D eigenvalue weighted by atomic mass is 16.4. The maximum atomic E-state index is 11.2. The van der Waals surface area contributed by atoms with Crippen LogP contribution in [-0.2, 0) is 5.54 Å². The van der Waals surface area contributed by atoms with E-state index in [-0.39, 0.29) is 6.04 Å². The Labute approximate surface area is 148 Å². The van der Waals surface area contributed by atoms with Crippen molar-refractivity contribution in [3.63, 3.8) is 0 Å². The van der Waals surface area contributed by atoms with Gasteiger partial charge >= 0.3 is 6.09 Å². The molecule has 1 atom stereocenters. The van der Waals surface area contributed by atoms with E-state index in [0.717, 1.165) is 24.0 Å². The lowest BCUT2D eigenvalue weighted by atomic mass is 9.83. The first-order valence-electron chi connectivity index (χ1n) is 8.71. The second kappa shape index (κ2) is 7.68. The number of nitrogens with two attached hydrogens (primary N) is 1. The highest BCUT2D eigenvalue weighted by Crippen LogP contribution is 2.26. The Bertz CT molecular complexity index is 651. The van der Waals surface area contributed by atoms with Crippen molar-refractivity contribution in [3.8, 4) is 0 Å². The maximum Gasteiger partial charge on any atom is 0.407 e. The van der Waals surface area contributed by atoms with Gasteiger partial charge in [-0.2, -0.15) is 0 Å². The zero-order valence-corrected chi connectivity index (χ0v) is 14.3. The Kier molecular flexibility index (Phi) is 5.36. The largest absolute Gasteiger partial charge is 0.465 e. The minimum absolute atomic E-state index is 0.125. The maximum absolute atomic E-state index is 11.2. The van der Waals surface area contributed by atoms with Gasteiger partial charge < -0.3 is 21.1 Å². The summed E-state index contributed by atoms with van der Waals surface area (Å²) >= 11 is 0. The topological polar surface area (TPSA) is 78.6 Å². The number of amides is 1. The summed E-state index contributed by atoms with van der Waals surface area (Å²) in [4.78, 5) is 12.7. The first-order chi connectivity index (χ1) is 12.1. The monoisotopic (exact) mass is 339 g/mol. The summed E-state index contributed by atoms with van der Waals surface area (Å²) in [5.74, 6) is 0.